The fraction of sp³-hybridized carbons (Fsp3) is 0.308. The summed E-state index contributed by atoms with van der Waals surface area (Å²) in [6.45, 7) is 4.31. The van der Waals surface area contributed by atoms with Gasteiger partial charge in [-0.1, -0.05) is 41.4 Å². The Balaban J connectivity index is 2.71. The average Bonchev–Trinajstić information content (AvgIpc) is 2.32. The number of nitrogens with zero attached hydrogens (tertiary/aromatic N) is 1. The molecule has 0 spiro atoms. The molecule has 3 N–H and O–H groups in total. The fourth-order valence-corrected chi connectivity index (χ4v) is 2.69. The van der Waals surface area contributed by atoms with Crippen molar-refractivity contribution >= 4 is 44.1 Å². The standard InChI is InChI=1S/C13H15BrClN3/c1-7(2)5-8-6-11(18-16)12-9(14)3-4-10(15)13(12)17-8/h3-4,6-7H,5,16H2,1-2H3,(H,17,18). The van der Waals surface area contributed by atoms with E-state index in [0.717, 1.165) is 33.2 Å². The van der Waals surface area contributed by atoms with Gasteiger partial charge >= 0.3 is 0 Å². The number of halogens is 2. The fourth-order valence-electron chi connectivity index (χ4n) is 1.96. The Morgan fingerprint density at radius 2 is 2.17 bits per heavy atom. The lowest BCUT2D eigenvalue weighted by atomic mass is 10.1. The van der Waals surface area contributed by atoms with Crippen LogP contribution in [0.4, 0.5) is 5.69 Å². The second-order valence-electron chi connectivity index (χ2n) is 4.66. The smallest absolute Gasteiger partial charge is 0.0924 e. The van der Waals surface area contributed by atoms with Gasteiger partial charge in [0.05, 0.1) is 16.2 Å². The first-order valence-corrected chi connectivity index (χ1v) is 6.94. The number of hydrogen-bond donors (Lipinski definition) is 2. The van der Waals surface area contributed by atoms with Crippen LogP contribution in [0.5, 0.6) is 0 Å². The number of nitrogen functional groups attached to an aromatic ring is 1. The molecule has 0 bridgehead atoms. The van der Waals surface area contributed by atoms with E-state index in [1.807, 2.05) is 18.2 Å². The highest BCUT2D eigenvalue weighted by atomic mass is 79.9. The van der Waals surface area contributed by atoms with Gasteiger partial charge in [0.2, 0.25) is 0 Å². The Morgan fingerprint density at radius 1 is 1.44 bits per heavy atom. The van der Waals surface area contributed by atoms with Crippen molar-refractivity contribution in [1.82, 2.24) is 4.98 Å². The third-order valence-electron chi connectivity index (χ3n) is 2.69. The van der Waals surface area contributed by atoms with Crippen LogP contribution in [-0.2, 0) is 6.42 Å². The van der Waals surface area contributed by atoms with E-state index in [1.54, 1.807) is 0 Å². The number of benzene rings is 1. The van der Waals surface area contributed by atoms with Gasteiger partial charge in [-0.2, -0.15) is 0 Å². The summed E-state index contributed by atoms with van der Waals surface area (Å²) in [6, 6.07) is 5.71. The van der Waals surface area contributed by atoms with Crippen LogP contribution >= 0.6 is 27.5 Å². The zero-order valence-corrected chi connectivity index (χ0v) is 12.6. The highest BCUT2D eigenvalue weighted by Gasteiger charge is 2.12. The first-order valence-electron chi connectivity index (χ1n) is 5.77. The minimum absolute atomic E-state index is 0.534. The van der Waals surface area contributed by atoms with Crippen molar-refractivity contribution in [3.63, 3.8) is 0 Å². The van der Waals surface area contributed by atoms with Crippen LogP contribution < -0.4 is 11.3 Å². The molecule has 2 rings (SSSR count). The van der Waals surface area contributed by atoms with Gasteiger partial charge in [0.15, 0.2) is 0 Å². The van der Waals surface area contributed by atoms with E-state index in [-0.39, 0.29) is 0 Å². The van der Waals surface area contributed by atoms with Crippen molar-refractivity contribution in [2.24, 2.45) is 11.8 Å². The monoisotopic (exact) mass is 327 g/mol. The van der Waals surface area contributed by atoms with E-state index in [0.29, 0.717) is 10.9 Å². The summed E-state index contributed by atoms with van der Waals surface area (Å²) in [5.41, 5.74) is 5.33. The molecule has 0 fully saturated rings. The zero-order valence-electron chi connectivity index (χ0n) is 10.3. The third-order valence-corrected chi connectivity index (χ3v) is 3.65. The van der Waals surface area contributed by atoms with Crippen molar-refractivity contribution in [1.29, 1.82) is 0 Å². The number of rotatable bonds is 3. The predicted octanol–water partition coefficient (Wildman–Crippen LogP) is 4.13. The van der Waals surface area contributed by atoms with E-state index in [4.69, 9.17) is 17.4 Å². The van der Waals surface area contributed by atoms with Crippen molar-refractivity contribution in [2.75, 3.05) is 5.43 Å². The van der Waals surface area contributed by atoms with Gasteiger partial charge in [0.1, 0.15) is 0 Å². The molecule has 0 unspecified atom stereocenters. The molecule has 0 aliphatic carbocycles. The van der Waals surface area contributed by atoms with Crippen molar-refractivity contribution in [3.8, 4) is 0 Å². The molecule has 0 radical (unpaired) electrons. The number of hydrazine groups is 1. The lowest BCUT2D eigenvalue weighted by molar-refractivity contribution is 0.637. The predicted molar refractivity (Wildman–Crippen MR) is 80.8 cm³/mol. The van der Waals surface area contributed by atoms with E-state index in [9.17, 15) is 0 Å². The molecule has 5 heteroatoms. The van der Waals surface area contributed by atoms with Gasteiger partial charge in [0.25, 0.3) is 0 Å². The minimum Gasteiger partial charge on any atom is -0.323 e. The van der Waals surface area contributed by atoms with E-state index in [1.165, 1.54) is 0 Å². The number of hydrogen-bond acceptors (Lipinski definition) is 3. The molecular weight excluding hydrogens is 314 g/mol. The normalized spacial score (nSPS) is 11.2. The lowest BCUT2D eigenvalue weighted by Crippen LogP contribution is -2.09. The second kappa shape index (κ2) is 5.43. The van der Waals surface area contributed by atoms with Crippen LogP contribution in [0, 0.1) is 5.92 Å². The molecule has 96 valence electrons. The van der Waals surface area contributed by atoms with Gasteiger partial charge in [-0.25, -0.2) is 0 Å². The maximum Gasteiger partial charge on any atom is 0.0924 e. The average molecular weight is 329 g/mol. The molecule has 0 saturated carbocycles. The highest BCUT2D eigenvalue weighted by molar-refractivity contribution is 9.10. The first kappa shape index (κ1) is 13.6. The Hall–Kier alpha value is -0.840. The van der Waals surface area contributed by atoms with Crippen LogP contribution in [0.15, 0.2) is 22.7 Å². The van der Waals surface area contributed by atoms with Gasteiger partial charge in [0, 0.05) is 15.6 Å². The van der Waals surface area contributed by atoms with E-state index >= 15 is 0 Å². The molecule has 0 aliphatic heterocycles. The molecular formula is C13H15BrClN3. The molecule has 0 atom stereocenters. The lowest BCUT2D eigenvalue weighted by Gasteiger charge is -2.12. The molecule has 2 aromatic rings. The highest BCUT2D eigenvalue weighted by Crippen LogP contribution is 2.34. The number of fused-ring (bicyclic) bond motifs is 1. The van der Waals surface area contributed by atoms with E-state index < -0.39 is 0 Å². The summed E-state index contributed by atoms with van der Waals surface area (Å²) in [5.74, 6) is 6.13. The van der Waals surface area contributed by atoms with Crippen LogP contribution in [0.1, 0.15) is 19.5 Å². The summed E-state index contributed by atoms with van der Waals surface area (Å²) in [7, 11) is 0. The summed E-state index contributed by atoms with van der Waals surface area (Å²) < 4.78 is 0.929. The van der Waals surface area contributed by atoms with Gasteiger partial charge in [-0.3, -0.25) is 10.8 Å². The maximum atomic E-state index is 6.21. The molecule has 0 saturated heterocycles. The molecule has 18 heavy (non-hydrogen) atoms. The van der Waals surface area contributed by atoms with Gasteiger partial charge in [-0.05, 0) is 30.5 Å². The second-order valence-corrected chi connectivity index (χ2v) is 5.92. The number of aromatic nitrogens is 1. The minimum atomic E-state index is 0.534. The van der Waals surface area contributed by atoms with Crippen LogP contribution in [0.3, 0.4) is 0 Å². The molecule has 1 aromatic carbocycles. The summed E-state index contributed by atoms with van der Waals surface area (Å²) in [6.07, 6.45) is 0.896. The SMILES string of the molecule is CC(C)Cc1cc(NN)c2c(Br)ccc(Cl)c2n1. The maximum absolute atomic E-state index is 6.21. The first-order chi connectivity index (χ1) is 8.52. The van der Waals surface area contributed by atoms with Crippen molar-refractivity contribution < 1.29 is 0 Å². The number of pyridine rings is 1. The largest absolute Gasteiger partial charge is 0.323 e. The van der Waals surface area contributed by atoms with Crippen molar-refractivity contribution in [2.45, 2.75) is 20.3 Å². The Bertz CT molecular complexity index is 584. The summed E-state index contributed by atoms with van der Waals surface area (Å²) >= 11 is 9.72. The molecule has 1 heterocycles. The summed E-state index contributed by atoms with van der Waals surface area (Å²) in [5, 5.41) is 1.55. The van der Waals surface area contributed by atoms with E-state index in [2.05, 4.69) is 40.2 Å². The Kier molecular flexibility index (Phi) is 4.10. The third kappa shape index (κ3) is 2.60. The van der Waals surface area contributed by atoms with Crippen LogP contribution in [0.2, 0.25) is 5.02 Å². The van der Waals surface area contributed by atoms with Crippen LogP contribution in [-0.4, -0.2) is 4.98 Å². The zero-order chi connectivity index (χ0) is 13.3. The molecule has 3 nitrogen and oxygen atoms in total. The number of nitrogens with one attached hydrogen (secondary N) is 1. The van der Waals surface area contributed by atoms with Gasteiger partial charge < -0.3 is 5.43 Å². The Morgan fingerprint density at radius 3 is 2.78 bits per heavy atom. The number of anilines is 1. The topological polar surface area (TPSA) is 50.9 Å². The molecule has 0 amide bonds. The number of nitrogens with two attached hydrogens (primary N) is 1. The Labute approximate surface area is 120 Å². The molecule has 1 aromatic heterocycles. The van der Waals surface area contributed by atoms with Gasteiger partial charge in [-0.15, -0.1) is 0 Å². The quantitative estimate of drug-likeness (QED) is 0.658. The van der Waals surface area contributed by atoms with Crippen molar-refractivity contribution in [3.05, 3.63) is 33.4 Å². The van der Waals surface area contributed by atoms with Crippen LogP contribution in [0.25, 0.3) is 10.9 Å². The summed E-state index contributed by atoms with van der Waals surface area (Å²) in [4.78, 5) is 4.63. The molecule has 0 aliphatic rings.